The molecule has 3 aromatic heterocycles. The molecule has 1 aliphatic rings. The van der Waals surface area contributed by atoms with Crippen LogP contribution in [0.1, 0.15) is 28.1 Å². The van der Waals surface area contributed by atoms with Gasteiger partial charge in [-0.25, -0.2) is 0 Å². The standard InChI is InChI=1S/C20H20F3N5/c1-13-4-3-7-24-18(13)19-14(2)16-12-27(8-9-28(16)26-19)11-15-5-6-17(25-10-15)20(21,22)23/h3-7,10H,8-9,11-12H2,1-2H3. The fraction of sp³-hybridized carbons (Fsp3) is 0.350. The van der Waals surface area contributed by atoms with Crippen LogP contribution in [0.15, 0.2) is 36.7 Å². The summed E-state index contributed by atoms with van der Waals surface area (Å²) >= 11 is 0. The molecule has 0 saturated carbocycles. The van der Waals surface area contributed by atoms with Crippen molar-refractivity contribution in [1.82, 2.24) is 24.6 Å². The third-order valence-corrected chi connectivity index (χ3v) is 5.08. The molecule has 28 heavy (non-hydrogen) atoms. The van der Waals surface area contributed by atoms with Crippen molar-refractivity contribution in [2.45, 2.75) is 39.7 Å². The molecular formula is C20H20F3N5. The minimum Gasteiger partial charge on any atom is -0.291 e. The minimum atomic E-state index is -4.41. The molecule has 4 heterocycles. The molecule has 0 aliphatic carbocycles. The van der Waals surface area contributed by atoms with Crippen molar-refractivity contribution in [2.75, 3.05) is 6.54 Å². The average Bonchev–Trinajstić information content (AvgIpc) is 2.98. The van der Waals surface area contributed by atoms with E-state index in [0.29, 0.717) is 13.1 Å². The Morgan fingerprint density at radius 3 is 2.54 bits per heavy atom. The third kappa shape index (κ3) is 3.52. The summed E-state index contributed by atoms with van der Waals surface area (Å²) in [7, 11) is 0. The summed E-state index contributed by atoms with van der Waals surface area (Å²) in [5.74, 6) is 0. The Morgan fingerprint density at radius 1 is 1.04 bits per heavy atom. The van der Waals surface area contributed by atoms with Crippen molar-refractivity contribution in [3.8, 4) is 11.4 Å². The largest absolute Gasteiger partial charge is 0.433 e. The summed E-state index contributed by atoms with van der Waals surface area (Å²) in [6.45, 7) is 6.81. The van der Waals surface area contributed by atoms with Crippen LogP contribution in [0.2, 0.25) is 0 Å². The monoisotopic (exact) mass is 387 g/mol. The van der Waals surface area contributed by atoms with Gasteiger partial charge in [-0.15, -0.1) is 0 Å². The van der Waals surface area contributed by atoms with E-state index in [0.717, 1.165) is 52.9 Å². The highest BCUT2D eigenvalue weighted by Gasteiger charge is 2.32. The zero-order chi connectivity index (χ0) is 19.9. The Balaban J connectivity index is 1.53. The zero-order valence-electron chi connectivity index (χ0n) is 15.7. The van der Waals surface area contributed by atoms with Crippen molar-refractivity contribution < 1.29 is 13.2 Å². The quantitative estimate of drug-likeness (QED) is 0.682. The van der Waals surface area contributed by atoms with E-state index in [1.54, 1.807) is 6.20 Å². The third-order valence-electron chi connectivity index (χ3n) is 5.08. The van der Waals surface area contributed by atoms with Gasteiger partial charge in [-0.1, -0.05) is 12.1 Å². The number of halogens is 3. The normalized spacial score (nSPS) is 14.9. The molecule has 8 heteroatoms. The number of alkyl halides is 3. The Labute approximate surface area is 160 Å². The number of nitrogens with zero attached hydrogens (tertiary/aromatic N) is 5. The van der Waals surface area contributed by atoms with Crippen molar-refractivity contribution in [1.29, 1.82) is 0 Å². The molecule has 0 amide bonds. The second-order valence-electron chi connectivity index (χ2n) is 7.07. The number of rotatable bonds is 3. The Hall–Kier alpha value is -2.74. The molecular weight excluding hydrogens is 367 g/mol. The van der Waals surface area contributed by atoms with Crippen LogP contribution < -0.4 is 0 Å². The van der Waals surface area contributed by atoms with E-state index in [-0.39, 0.29) is 0 Å². The lowest BCUT2D eigenvalue weighted by atomic mass is 10.1. The van der Waals surface area contributed by atoms with Crippen LogP contribution in [-0.4, -0.2) is 31.2 Å². The molecule has 5 nitrogen and oxygen atoms in total. The van der Waals surface area contributed by atoms with Gasteiger partial charge >= 0.3 is 6.18 Å². The molecule has 3 aromatic rings. The molecule has 0 radical (unpaired) electrons. The van der Waals surface area contributed by atoms with Crippen LogP contribution >= 0.6 is 0 Å². The highest BCUT2D eigenvalue weighted by Crippen LogP contribution is 2.29. The molecule has 0 atom stereocenters. The van der Waals surface area contributed by atoms with Crippen LogP contribution in [0.4, 0.5) is 13.2 Å². The van der Waals surface area contributed by atoms with Crippen LogP contribution in [0.5, 0.6) is 0 Å². The Bertz CT molecular complexity index is 992. The fourth-order valence-corrected chi connectivity index (χ4v) is 3.54. The van der Waals surface area contributed by atoms with Crippen molar-refractivity contribution >= 4 is 0 Å². The number of aryl methyl sites for hydroxylation is 1. The predicted octanol–water partition coefficient (Wildman–Crippen LogP) is 3.99. The molecule has 0 fully saturated rings. The highest BCUT2D eigenvalue weighted by atomic mass is 19.4. The van der Waals surface area contributed by atoms with Gasteiger partial charge < -0.3 is 0 Å². The lowest BCUT2D eigenvalue weighted by molar-refractivity contribution is -0.141. The van der Waals surface area contributed by atoms with Gasteiger partial charge in [0.25, 0.3) is 0 Å². The van der Waals surface area contributed by atoms with E-state index in [2.05, 4.69) is 14.9 Å². The summed E-state index contributed by atoms with van der Waals surface area (Å²) in [6.07, 6.45) is -1.33. The molecule has 146 valence electrons. The maximum atomic E-state index is 12.7. The average molecular weight is 387 g/mol. The van der Waals surface area contributed by atoms with E-state index in [1.807, 2.05) is 30.7 Å². The fourth-order valence-electron chi connectivity index (χ4n) is 3.54. The summed E-state index contributed by atoms with van der Waals surface area (Å²) < 4.78 is 40.0. The SMILES string of the molecule is Cc1cccnc1-c1nn2c(c1C)CN(Cc1ccc(C(F)(F)F)nc1)CC2. The van der Waals surface area contributed by atoms with Gasteiger partial charge in [0.1, 0.15) is 11.4 Å². The Morgan fingerprint density at radius 2 is 1.86 bits per heavy atom. The van der Waals surface area contributed by atoms with Crippen LogP contribution in [-0.2, 0) is 25.8 Å². The molecule has 0 saturated heterocycles. The number of fused-ring (bicyclic) bond motifs is 1. The van der Waals surface area contributed by atoms with Gasteiger partial charge in [-0.2, -0.15) is 18.3 Å². The first-order valence-corrected chi connectivity index (χ1v) is 9.05. The van der Waals surface area contributed by atoms with E-state index in [1.165, 1.54) is 12.3 Å². The number of pyridine rings is 2. The first-order chi connectivity index (χ1) is 13.3. The minimum absolute atomic E-state index is 0.549. The van der Waals surface area contributed by atoms with Gasteiger partial charge in [0.15, 0.2) is 0 Å². The topological polar surface area (TPSA) is 46.8 Å². The highest BCUT2D eigenvalue weighted by molar-refractivity contribution is 5.63. The molecule has 1 aliphatic heterocycles. The predicted molar refractivity (Wildman–Crippen MR) is 98.3 cm³/mol. The molecule has 0 aromatic carbocycles. The first kappa shape index (κ1) is 18.6. The van der Waals surface area contributed by atoms with E-state index in [4.69, 9.17) is 5.10 Å². The second kappa shape index (κ2) is 7.01. The van der Waals surface area contributed by atoms with Crippen LogP contribution in [0, 0.1) is 13.8 Å². The smallest absolute Gasteiger partial charge is 0.291 e. The van der Waals surface area contributed by atoms with Crippen LogP contribution in [0.25, 0.3) is 11.4 Å². The van der Waals surface area contributed by atoms with Gasteiger partial charge in [-0.3, -0.25) is 19.5 Å². The lowest BCUT2D eigenvalue weighted by Gasteiger charge is -2.28. The molecule has 4 rings (SSSR count). The summed E-state index contributed by atoms with van der Waals surface area (Å²) in [4.78, 5) is 10.2. The zero-order valence-corrected chi connectivity index (χ0v) is 15.7. The first-order valence-electron chi connectivity index (χ1n) is 9.05. The van der Waals surface area contributed by atoms with E-state index >= 15 is 0 Å². The van der Waals surface area contributed by atoms with E-state index in [9.17, 15) is 13.2 Å². The summed E-state index contributed by atoms with van der Waals surface area (Å²) in [5.41, 5.74) is 4.97. The maximum Gasteiger partial charge on any atom is 0.433 e. The number of hydrogen-bond acceptors (Lipinski definition) is 4. The lowest BCUT2D eigenvalue weighted by Crippen LogP contribution is -2.33. The molecule has 0 N–H and O–H groups in total. The number of aromatic nitrogens is 4. The maximum absolute atomic E-state index is 12.7. The van der Waals surface area contributed by atoms with E-state index < -0.39 is 11.9 Å². The molecule has 0 unspecified atom stereocenters. The Kier molecular flexibility index (Phi) is 4.66. The second-order valence-corrected chi connectivity index (χ2v) is 7.07. The summed E-state index contributed by atoms with van der Waals surface area (Å²) in [5, 5.41) is 4.75. The van der Waals surface area contributed by atoms with Crippen LogP contribution in [0.3, 0.4) is 0 Å². The van der Waals surface area contributed by atoms with Crippen molar-refractivity contribution in [3.63, 3.8) is 0 Å². The van der Waals surface area contributed by atoms with Gasteiger partial charge in [0.2, 0.25) is 0 Å². The van der Waals surface area contributed by atoms with Crippen molar-refractivity contribution in [2.24, 2.45) is 0 Å². The van der Waals surface area contributed by atoms with Gasteiger partial charge in [0.05, 0.1) is 17.9 Å². The molecule has 0 bridgehead atoms. The van der Waals surface area contributed by atoms with Crippen molar-refractivity contribution in [3.05, 3.63) is 64.7 Å². The summed E-state index contributed by atoms with van der Waals surface area (Å²) in [6, 6.07) is 6.46. The van der Waals surface area contributed by atoms with Gasteiger partial charge in [0, 0.05) is 37.6 Å². The molecule has 0 spiro atoms. The number of hydrogen-bond donors (Lipinski definition) is 0. The van der Waals surface area contributed by atoms with Gasteiger partial charge in [-0.05, 0) is 37.1 Å².